The average Bonchev–Trinajstić information content (AvgIpc) is 3.01. The van der Waals surface area contributed by atoms with E-state index < -0.39 is 0 Å². The summed E-state index contributed by atoms with van der Waals surface area (Å²) in [5.74, 6) is 0.839. The maximum Gasteiger partial charge on any atom is 0.0949 e. The van der Waals surface area contributed by atoms with Gasteiger partial charge in [0.15, 0.2) is 0 Å². The van der Waals surface area contributed by atoms with Gasteiger partial charge in [0.25, 0.3) is 0 Å². The highest BCUT2D eigenvalue weighted by atomic mass is 16.5. The Hall–Kier alpha value is -0.870. The summed E-state index contributed by atoms with van der Waals surface area (Å²) in [5.41, 5.74) is 1.16. The first-order chi connectivity index (χ1) is 8.13. The van der Waals surface area contributed by atoms with Crippen LogP contribution in [0.1, 0.15) is 32.4 Å². The summed E-state index contributed by atoms with van der Waals surface area (Å²) in [4.78, 5) is 4.23. The fraction of sp³-hybridized carbons (Fsp3) is 0.769. The van der Waals surface area contributed by atoms with Crippen molar-refractivity contribution in [1.82, 2.24) is 14.9 Å². The number of imidazole rings is 1. The second-order valence-electron chi connectivity index (χ2n) is 5.37. The molecule has 17 heavy (non-hydrogen) atoms. The summed E-state index contributed by atoms with van der Waals surface area (Å²) in [6.07, 6.45) is 6.51. The molecule has 4 heteroatoms. The predicted octanol–water partition coefficient (Wildman–Crippen LogP) is 1.76. The van der Waals surface area contributed by atoms with Crippen molar-refractivity contribution in [2.45, 2.75) is 38.8 Å². The van der Waals surface area contributed by atoms with Crippen molar-refractivity contribution in [3.8, 4) is 0 Å². The van der Waals surface area contributed by atoms with E-state index in [2.05, 4.69) is 28.7 Å². The standard InChI is InChI=1S/C13H23N3O/c1-13(2,14-3)12-8-15-10-16(12)6-7-17-9-11-4-5-11/h8,10-11,14H,4-7,9H2,1-3H3. The lowest BCUT2D eigenvalue weighted by Crippen LogP contribution is -2.35. The van der Waals surface area contributed by atoms with E-state index in [1.807, 2.05) is 19.6 Å². The lowest BCUT2D eigenvalue weighted by molar-refractivity contribution is 0.115. The molecular formula is C13H23N3O. The van der Waals surface area contributed by atoms with Gasteiger partial charge in [-0.25, -0.2) is 4.98 Å². The van der Waals surface area contributed by atoms with Gasteiger partial charge in [-0.2, -0.15) is 0 Å². The normalized spacial score (nSPS) is 16.4. The molecule has 0 unspecified atom stereocenters. The van der Waals surface area contributed by atoms with Gasteiger partial charge in [-0.1, -0.05) is 0 Å². The molecule has 4 nitrogen and oxygen atoms in total. The molecule has 0 bridgehead atoms. The van der Waals surface area contributed by atoms with E-state index in [9.17, 15) is 0 Å². The van der Waals surface area contributed by atoms with Crippen LogP contribution >= 0.6 is 0 Å². The maximum absolute atomic E-state index is 5.66. The van der Waals surface area contributed by atoms with Crippen molar-refractivity contribution in [3.05, 3.63) is 18.2 Å². The SMILES string of the molecule is CNC(C)(C)c1cncn1CCOCC1CC1. The molecule has 1 aromatic heterocycles. The number of rotatable bonds is 7. The van der Waals surface area contributed by atoms with Gasteiger partial charge in [-0.15, -0.1) is 0 Å². The molecule has 1 N–H and O–H groups in total. The van der Waals surface area contributed by atoms with Gasteiger partial charge in [0, 0.05) is 19.3 Å². The molecule has 0 spiro atoms. The molecule has 1 fully saturated rings. The summed E-state index contributed by atoms with van der Waals surface area (Å²) < 4.78 is 7.83. The Labute approximate surface area is 103 Å². The second kappa shape index (κ2) is 5.19. The first kappa shape index (κ1) is 12.6. The van der Waals surface area contributed by atoms with E-state index in [0.717, 1.165) is 25.7 Å². The molecule has 0 aliphatic heterocycles. The van der Waals surface area contributed by atoms with E-state index in [4.69, 9.17) is 4.74 Å². The van der Waals surface area contributed by atoms with Gasteiger partial charge in [-0.05, 0) is 39.7 Å². The van der Waals surface area contributed by atoms with Crippen LogP contribution in [0.25, 0.3) is 0 Å². The zero-order chi connectivity index (χ0) is 12.3. The highest BCUT2D eigenvalue weighted by Gasteiger charge is 2.23. The van der Waals surface area contributed by atoms with Crippen LogP contribution in [0.5, 0.6) is 0 Å². The highest BCUT2D eigenvalue weighted by Crippen LogP contribution is 2.28. The van der Waals surface area contributed by atoms with E-state index in [-0.39, 0.29) is 5.54 Å². The molecule has 1 saturated carbocycles. The second-order valence-corrected chi connectivity index (χ2v) is 5.37. The molecule has 96 valence electrons. The third kappa shape index (κ3) is 3.30. The number of nitrogens with one attached hydrogen (secondary N) is 1. The number of aromatic nitrogens is 2. The molecule has 1 aliphatic carbocycles. The Morgan fingerprint density at radius 2 is 2.29 bits per heavy atom. The number of ether oxygens (including phenoxy) is 1. The lowest BCUT2D eigenvalue weighted by Gasteiger charge is -2.25. The smallest absolute Gasteiger partial charge is 0.0949 e. The first-order valence-corrected chi connectivity index (χ1v) is 6.41. The highest BCUT2D eigenvalue weighted by molar-refractivity contribution is 5.10. The fourth-order valence-corrected chi connectivity index (χ4v) is 1.84. The molecule has 1 aromatic rings. The van der Waals surface area contributed by atoms with Crippen molar-refractivity contribution < 1.29 is 4.74 Å². The molecule has 0 saturated heterocycles. The minimum Gasteiger partial charge on any atom is -0.379 e. The van der Waals surface area contributed by atoms with Gasteiger partial charge < -0.3 is 14.6 Å². The molecule has 0 radical (unpaired) electrons. The molecule has 0 atom stereocenters. The quantitative estimate of drug-likeness (QED) is 0.735. The summed E-state index contributed by atoms with van der Waals surface area (Å²) in [6, 6.07) is 0. The average molecular weight is 237 g/mol. The van der Waals surface area contributed by atoms with Crippen LogP contribution < -0.4 is 5.32 Å². The van der Waals surface area contributed by atoms with Crippen molar-refractivity contribution in [2.75, 3.05) is 20.3 Å². The first-order valence-electron chi connectivity index (χ1n) is 6.41. The van der Waals surface area contributed by atoms with E-state index >= 15 is 0 Å². The largest absolute Gasteiger partial charge is 0.379 e. The predicted molar refractivity (Wildman–Crippen MR) is 67.9 cm³/mol. The zero-order valence-electron chi connectivity index (χ0n) is 11.1. The monoisotopic (exact) mass is 237 g/mol. The molecule has 2 rings (SSSR count). The topological polar surface area (TPSA) is 39.1 Å². The van der Waals surface area contributed by atoms with Crippen LogP contribution in [0.3, 0.4) is 0 Å². The molecule has 1 aliphatic rings. The Morgan fingerprint density at radius 1 is 1.53 bits per heavy atom. The minimum atomic E-state index is -0.0486. The molecule has 0 aromatic carbocycles. The molecule has 0 amide bonds. The third-order valence-corrected chi connectivity index (χ3v) is 3.50. The minimum absolute atomic E-state index is 0.0486. The van der Waals surface area contributed by atoms with Crippen molar-refractivity contribution in [2.24, 2.45) is 5.92 Å². The van der Waals surface area contributed by atoms with Gasteiger partial charge >= 0.3 is 0 Å². The van der Waals surface area contributed by atoms with Crippen LogP contribution in [-0.4, -0.2) is 29.8 Å². The Morgan fingerprint density at radius 3 is 2.94 bits per heavy atom. The van der Waals surface area contributed by atoms with Gasteiger partial charge in [0.05, 0.1) is 24.2 Å². The van der Waals surface area contributed by atoms with Crippen molar-refractivity contribution in [1.29, 1.82) is 0 Å². The van der Waals surface area contributed by atoms with E-state index in [0.29, 0.717) is 0 Å². The van der Waals surface area contributed by atoms with Gasteiger partial charge in [0.2, 0.25) is 0 Å². The number of hydrogen-bond donors (Lipinski definition) is 1. The Balaban J connectivity index is 1.84. The van der Waals surface area contributed by atoms with Crippen molar-refractivity contribution in [3.63, 3.8) is 0 Å². The number of hydrogen-bond acceptors (Lipinski definition) is 3. The van der Waals surface area contributed by atoms with Crippen LogP contribution in [-0.2, 0) is 16.8 Å². The van der Waals surface area contributed by atoms with Gasteiger partial charge in [-0.3, -0.25) is 0 Å². The molecular weight excluding hydrogens is 214 g/mol. The lowest BCUT2D eigenvalue weighted by atomic mass is 10.0. The summed E-state index contributed by atoms with van der Waals surface area (Å²) in [5, 5.41) is 3.30. The van der Waals surface area contributed by atoms with Crippen molar-refractivity contribution >= 4 is 0 Å². The van der Waals surface area contributed by atoms with Crippen LogP contribution in [0.15, 0.2) is 12.5 Å². The summed E-state index contributed by atoms with van der Waals surface area (Å²) >= 11 is 0. The Bertz CT molecular complexity index is 355. The van der Waals surface area contributed by atoms with E-state index in [1.165, 1.54) is 18.5 Å². The molecule has 1 heterocycles. The Kier molecular flexibility index (Phi) is 3.84. The van der Waals surface area contributed by atoms with Gasteiger partial charge in [0.1, 0.15) is 0 Å². The van der Waals surface area contributed by atoms with Crippen LogP contribution in [0.2, 0.25) is 0 Å². The summed E-state index contributed by atoms with van der Waals surface area (Å²) in [6.45, 7) is 6.91. The summed E-state index contributed by atoms with van der Waals surface area (Å²) in [7, 11) is 1.97. The van der Waals surface area contributed by atoms with Crippen LogP contribution in [0.4, 0.5) is 0 Å². The van der Waals surface area contributed by atoms with Crippen LogP contribution in [0, 0.1) is 5.92 Å². The van der Waals surface area contributed by atoms with E-state index in [1.54, 1.807) is 0 Å². The third-order valence-electron chi connectivity index (χ3n) is 3.50. The fourth-order valence-electron chi connectivity index (χ4n) is 1.84. The zero-order valence-corrected chi connectivity index (χ0v) is 11.1. The maximum atomic E-state index is 5.66. The number of nitrogens with zero attached hydrogens (tertiary/aromatic N) is 2.